The first-order valence-corrected chi connectivity index (χ1v) is 14.5. The van der Waals surface area contributed by atoms with Crippen LogP contribution in [0.4, 0.5) is 4.39 Å². The van der Waals surface area contributed by atoms with E-state index in [1.54, 1.807) is 37.4 Å². The molecule has 0 spiro atoms. The fourth-order valence-electron chi connectivity index (χ4n) is 4.41. The van der Waals surface area contributed by atoms with Crippen molar-refractivity contribution in [3.8, 4) is 22.8 Å². The van der Waals surface area contributed by atoms with Crippen LogP contribution in [0.3, 0.4) is 0 Å². The third-order valence-corrected chi connectivity index (χ3v) is 8.81. The van der Waals surface area contributed by atoms with E-state index in [4.69, 9.17) is 21.1 Å². The van der Waals surface area contributed by atoms with Crippen LogP contribution in [0.2, 0.25) is 5.02 Å². The molecule has 0 saturated carbocycles. The minimum absolute atomic E-state index is 0.0391. The van der Waals surface area contributed by atoms with Gasteiger partial charge in [-0.05, 0) is 31.2 Å². The van der Waals surface area contributed by atoms with Gasteiger partial charge in [-0.3, -0.25) is 0 Å². The van der Waals surface area contributed by atoms with Crippen molar-refractivity contribution in [2.75, 3.05) is 18.6 Å². The second-order valence-corrected chi connectivity index (χ2v) is 11.7. The summed E-state index contributed by atoms with van der Waals surface area (Å²) in [4.78, 5) is 4.23. The Morgan fingerprint density at radius 2 is 1.73 bits per heavy atom. The number of hydrogen-bond donors (Lipinski definition) is 0. The fourth-order valence-corrected chi connectivity index (χ4v) is 6.59. The lowest BCUT2D eigenvalue weighted by molar-refractivity contribution is 0.355. The van der Waals surface area contributed by atoms with Gasteiger partial charge in [0.2, 0.25) is 0 Å². The van der Waals surface area contributed by atoms with Crippen molar-refractivity contribution in [3.63, 3.8) is 0 Å². The molecule has 3 heterocycles. The van der Waals surface area contributed by atoms with Crippen molar-refractivity contribution >= 4 is 66.2 Å². The summed E-state index contributed by atoms with van der Waals surface area (Å²) in [5, 5.41) is 0.740. The quantitative estimate of drug-likeness (QED) is 0.149. The molecule has 0 N–H and O–H groups in total. The van der Waals surface area contributed by atoms with E-state index in [0.717, 1.165) is 31.1 Å². The summed E-state index contributed by atoms with van der Waals surface area (Å²) >= 11 is 8.59. The maximum absolute atomic E-state index is 14.4. The topological polar surface area (TPSA) is 75.4 Å². The lowest BCUT2D eigenvalue weighted by Crippen LogP contribution is -2.14. The molecule has 192 valence electrons. The first kappa shape index (κ1) is 25.8. The number of aromatic nitrogens is 3. The van der Waals surface area contributed by atoms with E-state index in [0.29, 0.717) is 29.3 Å². The number of hydrogen-bond acceptors (Lipinski definition) is 5. The Morgan fingerprint density at radius 1 is 1.05 bits per heavy atom. The van der Waals surface area contributed by atoms with Crippen molar-refractivity contribution in [2.24, 2.45) is 0 Å². The van der Waals surface area contributed by atoms with E-state index < -0.39 is 15.8 Å². The molecule has 5 rings (SSSR count). The van der Waals surface area contributed by atoms with Crippen molar-refractivity contribution < 1.29 is 22.3 Å². The van der Waals surface area contributed by atoms with Gasteiger partial charge in [0, 0.05) is 39.6 Å². The molecule has 5 aromatic rings. The highest BCUT2D eigenvalue weighted by Crippen LogP contribution is 2.42. The number of fused-ring (bicyclic) bond motifs is 2. The van der Waals surface area contributed by atoms with E-state index in [1.807, 2.05) is 29.8 Å². The Balaban J connectivity index is 1.91. The summed E-state index contributed by atoms with van der Waals surface area (Å²) in [5.41, 5.74) is 2.70. The number of aryl methyl sites for hydroxylation is 2. The molecule has 0 unspecified atom stereocenters. The molecule has 0 atom stereocenters. The molecule has 0 aliphatic heterocycles. The van der Waals surface area contributed by atoms with Crippen LogP contribution in [0.25, 0.3) is 33.2 Å². The Labute approximate surface area is 232 Å². The molecule has 0 saturated heterocycles. The zero-order valence-electron chi connectivity index (χ0n) is 20.1. The van der Waals surface area contributed by atoms with Crippen LogP contribution < -0.4 is 9.47 Å². The molecule has 2 aromatic carbocycles. The summed E-state index contributed by atoms with van der Waals surface area (Å²) < 4.78 is 57.5. The molecule has 0 amide bonds. The zero-order chi connectivity index (χ0) is 26.5. The van der Waals surface area contributed by atoms with Gasteiger partial charge in [-0.25, -0.2) is 21.8 Å². The second-order valence-electron chi connectivity index (χ2n) is 8.42. The largest absolute Gasteiger partial charge is 0.493 e. The van der Waals surface area contributed by atoms with Crippen molar-refractivity contribution in [1.82, 2.24) is 13.5 Å². The van der Waals surface area contributed by atoms with Crippen LogP contribution >= 0.6 is 34.2 Å². The molecule has 0 bridgehead atoms. The number of rotatable bonds is 7. The molecule has 11 heteroatoms. The summed E-state index contributed by atoms with van der Waals surface area (Å²) in [6, 6.07) is 11.8. The standard InChI is InChI=1S/C26H22ClFIN3O4S/c1-15-4-6-16(7-5-15)37(33,34)32-22(10-18-25(27)20(28)13-30-26(18)32)19-14-31(9-8-29)21-12-24(36-3)23(35-2)11-17(19)21/h4-7,10-14H,8-9H2,1-3H3. The molecule has 0 aliphatic rings. The number of pyridine rings is 1. The van der Waals surface area contributed by atoms with Crippen molar-refractivity contribution in [3.05, 3.63) is 71.3 Å². The van der Waals surface area contributed by atoms with Gasteiger partial charge in [-0.1, -0.05) is 51.9 Å². The Morgan fingerprint density at radius 3 is 2.38 bits per heavy atom. The van der Waals surface area contributed by atoms with Crippen LogP contribution in [-0.4, -0.2) is 40.6 Å². The van der Waals surface area contributed by atoms with Gasteiger partial charge in [-0.15, -0.1) is 0 Å². The highest BCUT2D eigenvalue weighted by molar-refractivity contribution is 14.1. The summed E-state index contributed by atoms with van der Waals surface area (Å²) in [7, 11) is -1.04. The van der Waals surface area contributed by atoms with E-state index in [9.17, 15) is 12.8 Å². The normalized spacial score (nSPS) is 11.9. The monoisotopic (exact) mass is 653 g/mol. The van der Waals surface area contributed by atoms with Gasteiger partial charge in [0.1, 0.15) is 0 Å². The Hall–Kier alpha value is -2.83. The molecule has 0 radical (unpaired) electrons. The smallest absolute Gasteiger partial charge is 0.269 e. The van der Waals surface area contributed by atoms with Gasteiger partial charge >= 0.3 is 0 Å². The van der Waals surface area contributed by atoms with Crippen LogP contribution in [0.15, 0.2) is 59.8 Å². The molecule has 7 nitrogen and oxygen atoms in total. The number of benzene rings is 2. The molecule has 0 aliphatic carbocycles. The average molecular weight is 654 g/mol. The first-order valence-electron chi connectivity index (χ1n) is 11.2. The van der Waals surface area contributed by atoms with E-state index in [1.165, 1.54) is 7.11 Å². The number of halogens is 3. The third kappa shape index (κ3) is 4.24. The molecular formula is C26H22ClFIN3O4S. The Bertz CT molecular complexity index is 1770. The van der Waals surface area contributed by atoms with Gasteiger partial charge in [0.15, 0.2) is 23.0 Å². The molecular weight excluding hydrogens is 632 g/mol. The van der Waals surface area contributed by atoms with Gasteiger partial charge < -0.3 is 14.0 Å². The van der Waals surface area contributed by atoms with E-state index in [-0.39, 0.29) is 21.0 Å². The highest BCUT2D eigenvalue weighted by atomic mass is 127. The lowest BCUT2D eigenvalue weighted by atomic mass is 10.1. The third-order valence-electron chi connectivity index (χ3n) is 6.23. The summed E-state index contributed by atoms with van der Waals surface area (Å²) in [6.07, 6.45) is 2.81. The lowest BCUT2D eigenvalue weighted by Gasteiger charge is -2.12. The molecule has 37 heavy (non-hydrogen) atoms. The van der Waals surface area contributed by atoms with Gasteiger partial charge in [0.25, 0.3) is 10.0 Å². The fraction of sp³-hybridized carbons (Fsp3) is 0.192. The molecule has 0 fully saturated rings. The zero-order valence-corrected chi connectivity index (χ0v) is 23.9. The predicted molar refractivity (Wildman–Crippen MR) is 151 cm³/mol. The second kappa shape index (κ2) is 9.80. The highest BCUT2D eigenvalue weighted by Gasteiger charge is 2.28. The SMILES string of the molecule is COc1cc2c(-c3cc4c(Cl)c(F)cnc4n3S(=O)(=O)c3ccc(C)cc3)cn(CCI)c2cc1OC. The number of ether oxygens (including phenoxy) is 2. The minimum atomic E-state index is -4.14. The number of nitrogens with zero attached hydrogens (tertiary/aromatic N) is 3. The molecule has 3 aromatic heterocycles. The van der Waals surface area contributed by atoms with Gasteiger partial charge in [-0.2, -0.15) is 0 Å². The van der Waals surface area contributed by atoms with Crippen LogP contribution in [0, 0.1) is 12.7 Å². The van der Waals surface area contributed by atoms with Crippen molar-refractivity contribution in [1.29, 1.82) is 0 Å². The maximum atomic E-state index is 14.4. The van der Waals surface area contributed by atoms with Crippen LogP contribution in [0.1, 0.15) is 5.56 Å². The van der Waals surface area contributed by atoms with Crippen LogP contribution in [-0.2, 0) is 16.6 Å². The minimum Gasteiger partial charge on any atom is -0.493 e. The van der Waals surface area contributed by atoms with Crippen molar-refractivity contribution in [2.45, 2.75) is 18.4 Å². The van der Waals surface area contributed by atoms with Gasteiger partial charge in [0.05, 0.1) is 41.5 Å². The van der Waals surface area contributed by atoms with E-state index in [2.05, 4.69) is 27.6 Å². The maximum Gasteiger partial charge on any atom is 0.269 e. The number of methoxy groups -OCH3 is 2. The number of alkyl halides is 1. The van der Waals surface area contributed by atoms with Crippen LogP contribution in [0.5, 0.6) is 11.5 Å². The Kier molecular flexibility index (Phi) is 6.84. The summed E-state index contributed by atoms with van der Waals surface area (Å²) in [5.74, 6) is 0.313. The predicted octanol–water partition coefficient (Wildman–Crippen LogP) is 6.45. The average Bonchev–Trinajstić information content (AvgIpc) is 3.45. The first-order chi connectivity index (χ1) is 17.7. The van der Waals surface area contributed by atoms with E-state index >= 15 is 0 Å². The summed E-state index contributed by atoms with van der Waals surface area (Å²) in [6.45, 7) is 2.55.